The lowest BCUT2D eigenvalue weighted by Crippen LogP contribution is -2.62. The standard InChI is InChI=1S/C109H92BN3/c1-107(2,3)78-50-47-70(48-51-78)61-71-62-102-106-103(63-71)112(60-58-84-94(74-33-18-12-19-34-74)67-80(109(7,8)9)68-95(84)75-35-20-13-21-36-75)101-69-81(113-98-45-24-22-39-85(98)86-40-23-25-46-99(86)113)52-55-96(101)110(106)97-64-77(82-53-54-91-89-42-27-38-76-37-26-41-88(104(76)89)90-44-28-43-87(82)105(90)91)49-56-100(97)111(102)59-57-83-92(72-29-14-10-15-30-72)65-79(108(4,5)6)66-93(83)73-31-16-11-17-32-73/h10-56,62-69H,57-61H2,1-9H3. The van der Waals surface area contributed by atoms with Gasteiger partial charge in [-0.1, -0.05) is 353 Å². The molecule has 18 aromatic rings. The van der Waals surface area contributed by atoms with E-state index in [1.54, 1.807) is 0 Å². The third-order valence-corrected chi connectivity index (χ3v) is 25.0. The van der Waals surface area contributed by atoms with E-state index in [0.717, 1.165) is 31.5 Å². The molecule has 2 aliphatic heterocycles. The number of para-hydroxylation sites is 2. The van der Waals surface area contributed by atoms with E-state index in [2.05, 4.69) is 410 Å². The molecule has 0 unspecified atom stereocenters. The molecule has 2 aliphatic rings. The summed E-state index contributed by atoms with van der Waals surface area (Å²) in [6, 6.07) is 128. The Morgan fingerprint density at radius 3 is 1.20 bits per heavy atom. The van der Waals surface area contributed by atoms with Crippen molar-refractivity contribution in [2.75, 3.05) is 22.9 Å². The number of fused-ring (bicyclic) bond motifs is 9. The Morgan fingerprint density at radius 2 is 0.708 bits per heavy atom. The molecular formula is C109H92BN3. The van der Waals surface area contributed by atoms with E-state index < -0.39 is 0 Å². The molecule has 0 fully saturated rings. The second-order valence-electron chi connectivity index (χ2n) is 35.0. The predicted octanol–water partition coefficient (Wildman–Crippen LogP) is 26.6. The van der Waals surface area contributed by atoms with Gasteiger partial charge < -0.3 is 14.4 Å². The van der Waals surface area contributed by atoms with Crippen molar-refractivity contribution in [2.45, 2.75) is 97.8 Å². The van der Waals surface area contributed by atoms with Crippen molar-refractivity contribution < 1.29 is 0 Å². The number of hydrogen-bond donors (Lipinski definition) is 0. The zero-order valence-corrected chi connectivity index (χ0v) is 66.2. The smallest absolute Gasteiger partial charge is 0.252 e. The van der Waals surface area contributed by atoms with Gasteiger partial charge in [-0.15, -0.1) is 0 Å². The van der Waals surface area contributed by atoms with Gasteiger partial charge in [0.2, 0.25) is 0 Å². The lowest BCUT2D eigenvalue weighted by molar-refractivity contribution is 0.590. The van der Waals surface area contributed by atoms with E-state index in [1.807, 2.05) is 0 Å². The van der Waals surface area contributed by atoms with Crippen LogP contribution in [0, 0.1) is 0 Å². The molecule has 3 nitrogen and oxygen atoms in total. The quantitative estimate of drug-likeness (QED) is 0.0611. The molecule has 0 aliphatic carbocycles. The first-order valence-electron chi connectivity index (χ1n) is 40.7. The molecule has 0 bridgehead atoms. The maximum Gasteiger partial charge on any atom is 0.252 e. The van der Waals surface area contributed by atoms with Gasteiger partial charge in [0, 0.05) is 52.3 Å². The van der Waals surface area contributed by atoms with Crippen molar-refractivity contribution in [3.63, 3.8) is 0 Å². The normalized spacial score (nSPS) is 12.9. The van der Waals surface area contributed by atoms with Gasteiger partial charge in [0.1, 0.15) is 0 Å². The Kier molecular flexibility index (Phi) is 16.8. The minimum absolute atomic E-state index is 0.0138. The van der Waals surface area contributed by atoms with Gasteiger partial charge in [-0.05, 0) is 232 Å². The van der Waals surface area contributed by atoms with Gasteiger partial charge in [0.15, 0.2) is 0 Å². The summed E-state index contributed by atoms with van der Waals surface area (Å²) in [4.78, 5) is 5.57. The second-order valence-corrected chi connectivity index (χ2v) is 35.0. The minimum Gasteiger partial charge on any atom is -0.342 e. The number of anilines is 4. The van der Waals surface area contributed by atoms with Crippen LogP contribution < -0.4 is 26.2 Å². The van der Waals surface area contributed by atoms with Crippen LogP contribution >= 0.6 is 0 Å². The average Bonchev–Trinajstić information content (AvgIpc) is 1.04. The van der Waals surface area contributed by atoms with E-state index in [0.29, 0.717) is 6.54 Å². The SMILES string of the molecule is CC(C)(C)c1ccc(Cc2cc3c4c(c2)N(CCc2c(-c5ccccc5)cc(C(C)(C)C)cc2-c2ccccc2)c2cc(-n5c6ccccc6c6ccccc65)ccc2B4c2cc(-c4ccc5c6cccc7cccc(c8cccc4c85)c76)ccc2N3CCc2c(-c3ccccc3)cc(C(C)(C)C)cc2-c2ccccc2)cc1. The van der Waals surface area contributed by atoms with Crippen molar-refractivity contribution in [2.24, 2.45) is 0 Å². The molecule has 113 heavy (non-hydrogen) atoms. The topological polar surface area (TPSA) is 11.4 Å². The molecule has 0 saturated carbocycles. The van der Waals surface area contributed by atoms with Crippen LogP contribution in [0.5, 0.6) is 0 Å². The van der Waals surface area contributed by atoms with Crippen LogP contribution in [0.3, 0.4) is 0 Å². The fourth-order valence-corrected chi connectivity index (χ4v) is 19.2. The summed E-state index contributed by atoms with van der Waals surface area (Å²) < 4.78 is 2.53. The highest BCUT2D eigenvalue weighted by Crippen LogP contribution is 2.48. The molecule has 4 heteroatoms. The van der Waals surface area contributed by atoms with Gasteiger partial charge in [0.05, 0.1) is 11.0 Å². The average molecular weight is 1450 g/mol. The molecule has 0 saturated heterocycles. The van der Waals surface area contributed by atoms with Crippen LogP contribution in [0.2, 0.25) is 0 Å². The maximum atomic E-state index is 2.79. The first kappa shape index (κ1) is 69.7. The Morgan fingerprint density at radius 1 is 0.274 bits per heavy atom. The van der Waals surface area contributed by atoms with Gasteiger partial charge in [-0.25, -0.2) is 0 Å². The molecule has 1 aromatic heterocycles. The number of nitrogens with zero attached hydrogens (tertiary/aromatic N) is 3. The van der Waals surface area contributed by atoms with Crippen LogP contribution in [0.1, 0.15) is 101 Å². The molecule has 3 heterocycles. The van der Waals surface area contributed by atoms with Crippen molar-refractivity contribution >= 4 is 111 Å². The molecule has 17 aromatic carbocycles. The fourth-order valence-electron chi connectivity index (χ4n) is 19.2. The Bertz CT molecular complexity index is 6520. The van der Waals surface area contributed by atoms with Crippen LogP contribution in [0.15, 0.2) is 334 Å². The lowest BCUT2D eigenvalue weighted by atomic mass is 9.33. The molecule has 20 rings (SSSR count). The van der Waals surface area contributed by atoms with E-state index in [9.17, 15) is 0 Å². The van der Waals surface area contributed by atoms with Gasteiger partial charge >= 0.3 is 0 Å². The highest BCUT2D eigenvalue weighted by atomic mass is 15.2. The number of rotatable bonds is 14. The van der Waals surface area contributed by atoms with Crippen molar-refractivity contribution in [3.05, 3.63) is 373 Å². The fraction of sp³-hybridized carbons (Fsp3) is 0.156. The molecule has 0 N–H and O–H groups in total. The van der Waals surface area contributed by atoms with Crippen molar-refractivity contribution in [3.8, 4) is 61.3 Å². The molecular weight excluding hydrogens is 1360 g/mol. The van der Waals surface area contributed by atoms with E-state index in [4.69, 9.17) is 0 Å². The zero-order valence-electron chi connectivity index (χ0n) is 66.2. The summed E-state index contributed by atoms with van der Waals surface area (Å²) in [6.07, 6.45) is 2.30. The molecule has 0 radical (unpaired) electrons. The van der Waals surface area contributed by atoms with Crippen molar-refractivity contribution in [1.82, 2.24) is 4.57 Å². The van der Waals surface area contributed by atoms with Crippen LogP contribution in [-0.2, 0) is 35.5 Å². The summed E-state index contributed by atoms with van der Waals surface area (Å²) in [7, 11) is 0. The summed E-state index contributed by atoms with van der Waals surface area (Å²) >= 11 is 0. The van der Waals surface area contributed by atoms with Crippen molar-refractivity contribution in [1.29, 1.82) is 0 Å². The highest BCUT2D eigenvalue weighted by molar-refractivity contribution is 7.00. The van der Waals surface area contributed by atoms with E-state index >= 15 is 0 Å². The Labute approximate surface area is 665 Å². The minimum atomic E-state index is -0.161. The number of hydrogen-bond acceptors (Lipinski definition) is 2. The summed E-state index contributed by atoms with van der Waals surface area (Å²) in [5.74, 6) is 0. The highest BCUT2D eigenvalue weighted by Gasteiger charge is 2.44. The van der Waals surface area contributed by atoms with Crippen LogP contribution in [0.4, 0.5) is 22.7 Å². The third-order valence-electron chi connectivity index (χ3n) is 25.0. The van der Waals surface area contributed by atoms with Crippen LogP contribution in [-0.4, -0.2) is 24.4 Å². The predicted molar refractivity (Wildman–Crippen MR) is 486 cm³/mol. The Balaban J connectivity index is 0.864. The maximum absolute atomic E-state index is 2.79. The molecule has 546 valence electrons. The number of aromatic nitrogens is 1. The van der Waals surface area contributed by atoms with Crippen LogP contribution in [0.25, 0.3) is 126 Å². The van der Waals surface area contributed by atoms with Gasteiger partial charge in [-0.2, -0.15) is 0 Å². The largest absolute Gasteiger partial charge is 0.342 e. The molecule has 0 amide bonds. The van der Waals surface area contributed by atoms with Gasteiger partial charge in [-0.3, -0.25) is 0 Å². The van der Waals surface area contributed by atoms with E-state index in [-0.39, 0.29) is 23.0 Å². The summed E-state index contributed by atoms with van der Waals surface area (Å²) in [5, 5.41) is 12.9. The first-order valence-corrected chi connectivity index (χ1v) is 40.7. The molecule has 0 atom stereocenters. The number of benzene rings is 17. The monoisotopic (exact) mass is 1450 g/mol. The summed E-state index contributed by atoms with van der Waals surface area (Å²) in [5.41, 5.74) is 34.1. The van der Waals surface area contributed by atoms with Gasteiger partial charge in [0.25, 0.3) is 6.71 Å². The zero-order chi connectivity index (χ0) is 76.6. The van der Waals surface area contributed by atoms with E-state index in [1.165, 1.54) is 199 Å². The second kappa shape index (κ2) is 27.2. The summed E-state index contributed by atoms with van der Waals surface area (Å²) in [6.45, 7) is 22.4. The third kappa shape index (κ3) is 12.0. The first-order chi connectivity index (χ1) is 54.9. The lowest BCUT2D eigenvalue weighted by Gasteiger charge is -2.45. The Hall–Kier alpha value is -12.5. The molecule has 0 spiro atoms.